The van der Waals surface area contributed by atoms with Gasteiger partial charge < -0.3 is 5.32 Å². The maximum absolute atomic E-state index is 4.05. The summed E-state index contributed by atoms with van der Waals surface area (Å²) in [5.74, 6) is 3.40. The monoisotopic (exact) mass is 239 g/mol. The quantitative estimate of drug-likeness (QED) is 0.762. The number of thioether (sulfide) groups is 1. The van der Waals surface area contributed by atoms with E-state index in [1.807, 2.05) is 0 Å². The van der Waals surface area contributed by atoms with Gasteiger partial charge in [0.25, 0.3) is 0 Å². The molecule has 2 unspecified atom stereocenters. The van der Waals surface area contributed by atoms with Crippen LogP contribution in [0.25, 0.3) is 0 Å². The molecule has 3 aliphatic rings. The van der Waals surface area contributed by atoms with E-state index in [0.717, 1.165) is 29.2 Å². The molecule has 0 aromatic heterocycles. The molecule has 0 aromatic rings. The SMILES string of the molecule is CCSC1CCCC1NC(C1CC1)C1CC1. The van der Waals surface area contributed by atoms with E-state index in [9.17, 15) is 0 Å². The molecule has 2 heteroatoms. The van der Waals surface area contributed by atoms with Crippen LogP contribution >= 0.6 is 11.8 Å². The average molecular weight is 239 g/mol. The second-order valence-electron chi connectivity index (χ2n) is 5.90. The third-order valence-electron chi connectivity index (χ3n) is 4.50. The lowest BCUT2D eigenvalue weighted by molar-refractivity contribution is 0.366. The molecule has 0 saturated heterocycles. The van der Waals surface area contributed by atoms with Crippen molar-refractivity contribution in [2.45, 2.75) is 69.2 Å². The van der Waals surface area contributed by atoms with Gasteiger partial charge in [0, 0.05) is 17.3 Å². The first-order valence-corrected chi connectivity index (χ1v) is 8.31. The summed E-state index contributed by atoms with van der Waals surface area (Å²) >= 11 is 2.19. The third kappa shape index (κ3) is 2.59. The predicted molar refractivity (Wildman–Crippen MR) is 71.9 cm³/mol. The minimum absolute atomic E-state index is 0.844. The molecular weight excluding hydrogens is 214 g/mol. The highest BCUT2D eigenvalue weighted by atomic mass is 32.2. The zero-order chi connectivity index (χ0) is 11.0. The molecule has 16 heavy (non-hydrogen) atoms. The van der Waals surface area contributed by atoms with Crippen LogP contribution in [-0.4, -0.2) is 23.1 Å². The fourth-order valence-corrected chi connectivity index (χ4v) is 4.55. The predicted octanol–water partition coefficient (Wildman–Crippen LogP) is 3.44. The van der Waals surface area contributed by atoms with Crippen LogP contribution < -0.4 is 5.32 Å². The first-order valence-electron chi connectivity index (χ1n) is 7.26. The molecule has 0 radical (unpaired) electrons. The summed E-state index contributed by atoms with van der Waals surface area (Å²) in [5.41, 5.74) is 0. The van der Waals surface area contributed by atoms with Crippen LogP contribution in [0.4, 0.5) is 0 Å². The lowest BCUT2D eigenvalue weighted by Gasteiger charge is -2.27. The summed E-state index contributed by atoms with van der Waals surface area (Å²) < 4.78 is 0. The van der Waals surface area contributed by atoms with E-state index in [4.69, 9.17) is 0 Å². The molecule has 92 valence electrons. The summed E-state index contributed by atoms with van der Waals surface area (Å²) in [6.45, 7) is 2.30. The second kappa shape index (κ2) is 4.89. The molecule has 3 fully saturated rings. The highest BCUT2D eigenvalue weighted by Gasteiger charge is 2.43. The molecule has 0 heterocycles. The number of rotatable bonds is 6. The summed E-state index contributed by atoms with van der Waals surface area (Å²) in [6, 6.07) is 1.75. The molecule has 0 aliphatic heterocycles. The smallest absolute Gasteiger partial charge is 0.0201 e. The Labute approximate surface area is 104 Å². The van der Waals surface area contributed by atoms with Crippen LogP contribution in [0.15, 0.2) is 0 Å². The molecule has 3 aliphatic carbocycles. The normalized spacial score (nSPS) is 34.9. The Morgan fingerprint density at radius 2 is 1.75 bits per heavy atom. The molecular formula is C14H25NS. The third-order valence-corrected chi connectivity index (χ3v) is 5.83. The van der Waals surface area contributed by atoms with Crippen LogP contribution in [0.3, 0.4) is 0 Å². The summed E-state index contributed by atoms with van der Waals surface area (Å²) in [6.07, 6.45) is 10.4. The minimum atomic E-state index is 0.844. The van der Waals surface area contributed by atoms with Crippen LogP contribution in [-0.2, 0) is 0 Å². The molecule has 0 aromatic carbocycles. The van der Waals surface area contributed by atoms with E-state index in [1.54, 1.807) is 0 Å². The Morgan fingerprint density at radius 3 is 2.31 bits per heavy atom. The molecule has 1 nitrogen and oxygen atoms in total. The Balaban J connectivity index is 1.54. The average Bonchev–Trinajstić information content (AvgIpc) is 3.18. The first kappa shape index (κ1) is 11.4. The molecule has 3 saturated carbocycles. The van der Waals surface area contributed by atoms with Crippen molar-refractivity contribution in [1.82, 2.24) is 5.32 Å². The maximum Gasteiger partial charge on any atom is 0.0201 e. The van der Waals surface area contributed by atoms with Gasteiger partial charge >= 0.3 is 0 Å². The highest BCUT2D eigenvalue weighted by Crippen LogP contribution is 2.45. The van der Waals surface area contributed by atoms with Gasteiger partial charge in [-0.05, 0) is 56.1 Å². The zero-order valence-corrected chi connectivity index (χ0v) is 11.3. The van der Waals surface area contributed by atoms with E-state index in [2.05, 4.69) is 24.0 Å². The Hall–Kier alpha value is 0.310. The summed E-state index contributed by atoms with van der Waals surface area (Å²) in [5, 5.41) is 4.98. The van der Waals surface area contributed by atoms with Crippen molar-refractivity contribution < 1.29 is 0 Å². The van der Waals surface area contributed by atoms with Gasteiger partial charge in [-0.3, -0.25) is 0 Å². The topological polar surface area (TPSA) is 12.0 Å². The van der Waals surface area contributed by atoms with E-state index < -0.39 is 0 Å². The number of nitrogens with one attached hydrogen (secondary N) is 1. The van der Waals surface area contributed by atoms with Crippen LogP contribution in [0.1, 0.15) is 51.9 Å². The Kier molecular flexibility index (Phi) is 3.49. The van der Waals surface area contributed by atoms with Gasteiger partial charge in [0.1, 0.15) is 0 Å². The van der Waals surface area contributed by atoms with E-state index in [-0.39, 0.29) is 0 Å². The Bertz CT molecular complexity index is 223. The molecule has 3 rings (SSSR count). The maximum atomic E-state index is 4.05. The van der Waals surface area contributed by atoms with E-state index in [0.29, 0.717) is 0 Å². The van der Waals surface area contributed by atoms with Crippen LogP contribution in [0.2, 0.25) is 0 Å². The van der Waals surface area contributed by atoms with Crippen molar-refractivity contribution in [2.24, 2.45) is 11.8 Å². The lowest BCUT2D eigenvalue weighted by atomic mass is 10.1. The summed E-state index contributed by atoms with van der Waals surface area (Å²) in [7, 11) is 0. The highest BCUT2D eigenvalue weighted by molar-refractivity contribution is 7.99. The summed E-state index contributed by atoms with van der Waals surface area (Å²) in [4.78, 5) is 0. The van der Waals surface area contributed by atoms with Crippen LogP contribution in [0, 0.1) is 11.8 Å². The van der Waals surface area contributed by atoms with Crippen molar-refractivity contribution in [3.05, 3.63) is 0 Å². The van der Waals surface area contributed by atoms with Gasteiger partial charge in [0.05, 0.1) is 0 Å². The second-order valence-corrected chi connectivity index (χ2v) is 7.41. The number of hydrogen-bond acceptors (Lipinski definition) is 2. The molecule has 0 spiro atoms. The molecule has 0 bridgehead atoms. The lowest BCUT2D eigenvalue weighted by Crippen LogP contribution is -2.44. The number of hydrogen-bond donors (Lipinski definition) is 1. The van der Waals surface area contributed by atoms with E-state index in [1.165, 1.54) is 50.7 Å². The molecule has 0 amide bonds. The largest absolute Gasteiger partial charge is 0.310 e. The van der Waals surface area contributed by atoms with Gasteiger partial charge in [-0.25, -0.2) is 0 Å². The van der Waals surface area contributed by atoms with Gasteiger partial charge in [-0.1, -0.05) is 13.3 Å². The van der Waals surface area contributed by atoms with Crippen molar-refractivity contribution in [2.75, 3.05) is 5.75 Å². The Morgan fingerprint density at radius 1 is 1.06 bits per heavy atom. The van der Waals surface area contributed by atoms with Gasteiger partial charge in [-0.15, -0.1) is 0 Å². The molecule has 2 atom stereocenters. The van der Waals surface area contributed by atoms with Crippen molar-refractivity contribution in [3.63, 3.8) is 0 Å². The van der Waals surface area contributed by atoms with E-state index >= 15 is 0 Å². The molecule has 1 N–H and O–H groups in total. The van der Waals surface area contributed by atoms with Crippen LogP contribution in [0.5, 0.6) is 0 Å². The minimum Gasteiger partial charge on any atom is -0.310 e. The van der Waals surface area contributed by atoms with Gasteiger partial charge in [0.2, 0.25) is 0 Å². The van der Waals surface area contributed by atoms with Crippen molar-refractivity contribution in [3.8, 4) is 0 Å². The van der Waals surface area contributed by atoms with Gasteiger partial charge in [-0.2, -0.15) is 11.8 Å². The standard InChI is InChI=1S/C14H25NS/c1-2-16-13-5-3-4-12(13)15-14(10-6-7-10)11-8-9-11/h10-15H,2-9H2,1H3. The van der Waals surface area contributed by atoms with Crippen molar-refractivity contribution in [1.29, 1.82) is 0 Å². The zero-order valence-electron chi connectivity index (χ0n) is 10.5. The fraction of sp³-hybridized carbons (Fsp3) is 1.00. The van der Waals surface area contributed by atoms with Gasteiger partial charge in [0.15, 0.2) is 0 Å². The first-order chi connectivity index (χ1) is 7.88. The van der Waals surface area contributed by atoms with Crippen molar-refractivity contribution >= 4 is 11.8 Å². The fourth-order valence-electron chi connectivity index (χ4n) is 3.35.